The quantitative estimate of drug-likeness (QED) is 0.661. The van der Waals surface area contributed by atoms with Crippen LogP contribution in [0.15, 0.2) is 53.6 Å². The second-order valence-corrected chi connectivity index (χ2v) is 5.89. The lowest BCUT2D eigenvalue weighted by Gasteiger charge is -2.16. The molecule has 0 bridgehead atoms. The summed E-state index contributed by atoms with van der Waals surface area (Å²) in [6.45, 7) is 0.295. The normalized spacial score (nSPS) is 16.9. The molecule has 0 spiro atoms. The second-order valence-electron chi connectivity index (χ2n) is 5.89. The van der Waals surface area contributed by atoms with Gasteiger partial charge < -0.3 is 9.64 Å². The Kier molecular flexibility index (Phi) is 5.26. The Morgan fingerprint density at radius 2 is 1.92 bits per heavy atom. The number of benzene rings is 2. The van der Waals surface area contributed by atoms with Gasteiger partial charge in [-0.05, 0) is 42.0 Å². The molecule has 0 unspecified atom stereocenters. The van der Waals surface area contributed by atoms with Gasteiger partial charge in [0.05, 0.1) is 19.2 Å². The number of nitrogens with one attached hydrogen (secondary N) is 1. The van der Waals surface area contributed by atoms with Crippen LogP contribution < -0.4 is 15.1 Å². The summed E-state index contributed by atoms with van der Waals surface area (Å²) >= 11 is 0. The minimum atomic E-state index is -0.477. The van der Waals surface area contributed by atoms with Crippen molar-refractivity contribution in [3.8, 4) is 5.75 Å². The zero-order chi connectivity index (χ0) is 18.5. The maximum absolute atomic E-state index is 12.8. The third kappa shape index (κ3) is 4.05. The number of nitrogens with zero attached hydrogens (tertiary/aromatic N) is 2. The van der Waals surface area contributed by atoms with E-state index < -0.39 is 5.92 Å². The molecule has 2 aromatic rings. The van der Waals surface area contributed by atoms with Gasteiger partial charge in [0.2, 0.25) is 11.8 Å². The molecule has 2 amide bonds. The van der Waals surface area contributed by atoms with Crippen LogP contribution in [0.4, 0.5) is 10.1 Å². The summed E-state index contributed by atoms with van der Waals surface area (Å²) in [5, 5.41) is 3.87. The van der Waals surface area contributed by atoms with Crippen molar-refractivity contribution in [2.75, 3.05) is 18.6 Å². The molecular weight excluding hydrogens is 337 g/mol. The molecule has 1 heterocycles. The number of methoxy groups -OCH3 is 1. The molecule has 134 valence electrons. The van der Waals surface area contributed by atoms with Crippen molar-refractivity contribution in [2.24, 2.45) is 11.0 Å². The molecular formula is C19H18FN3O3. The first-order chi connectivity index (χ1) is 12.6. The number of carbonyl (C=O) groups is 2. The summed E-state index contributed by atoms with van der Waals surface area (Å²) < 4.78 is 17.9. The van der Waals surface area contributed by atoms with Gasteiger partial charge in [0, 0.05) is 18.7 Å². The van der Waals surface area contributed by atoms with Crippen molar-refractivity contribution in [3.05, 3.63) is 59.9 Å². The molecule has 1 aliphatic rings. The number of amides is 2. The van der Waals surface area contributed by atoms with Crippen molar-refractivity contribution in [3.63, 3.8) is 0 Å². The molecule has 26 heavy (non-hydrogen) atoms. The van der Waals surface area contributed by atoms with E-state index in [1.807, 2.05) is 0 Å². The van der Waals surface area contributed by atoms with E-state index in [2.05, 4.69) is 10.5 Å². The standard InChI is InChI=1S/C19H18FN3O3/c1-26-17-8-6-16(7-9-17)23-12-14(10-18(23)24)19(25)22-21-11-13-2-4-15(20)5-3-13/h2-9,11,14H,10,12H2,1H3,(H,22,25)/b21-11+/t14-/m1/s1. The van der Waals surface area contributed by atoms with Gasteiger partial charge in [-0.15, -0.1) is 0 Å². The van der Waals surface area contributed by atoms with E-state index in [0.29, 0.717) is 17.9 Å². The van der Waals surface area contributed by atoms with Crippen LogP contribution in [0, 0.1) is 11.7 Å². The fourth-order valence-corrected chi connectivity index (χ4v) is 2.71. The molecule has 0 aliphatic carbocycles. The largest absolute Gasteiger partial charge is 0.497 e. The Morgan fingerprint density at radius 1 is 1.23 bits per heavy atom. The number of hydrazone groups is 1. The SMILES string of the molecule is COc1ccc(N2C[C@H](C(=O)N/N=C/c3ccc(F)cc3)CC2=O)cc1. The van der Waals surface area contributed by atoms with Crippen LogP contribution in [0.1, 0.15) is 12.0 Å². The predicted molar refractivity (Wildman–Crippen MR) is 95.6 cm³/mol. The van der Waals surface area contributed by atoms with E-state index in [0.717, 1.165) is 5.69 Å². The van der Waals surface area contributed by atoms with E-state index in [1.54, 1.807) is 48.4 Å². The number of anilines is 1. The maximum Gasteiger partial charge on any atom is 0.245 e. The molecule has 0 saturated carbocycles. The highest BCUT2D eigenvalue weighted by molar-refractivity contribution is 6.00. The van der Waals surface area contributed by atoms with Gasteiger partial charge in [0.1, 0.15) is 11.6 Å². The smallest absolute Gasteiger partial charge is 0.245 e. The first-order valence-corrected chi connectivity index (χ1v) is 8.09. The zero-order valence-electron chi connectivity index (χ0n) is 14.2. The van der Waals surface area contributed by atoms with E-state index in [4.69, 9.17) is 4.74 Å². The highest BCUT2D eigenvalue weighted by Gasteiger charge is 2.35. The first kappa shape index (κ1) is 17.6. The topological polar surface area (TPSA) is 71.0 Å². The van der Waals surface area contributed by atoms with Gasteiger partial charge in [-0.2, -0.15) is 5.10 Å². The number of carbonyl (C=O) groups excluding carboxylic acids is 2. The van der Waals surface area contributed by atoms with E-state index in [1.165, 1.54) is 18.3 Å². The average molecular weight is 355 g/mol. The van der Waals surface area contributed by atoms with E-state index in [9.17, 15) is 14.0 Å². The van der Waals surface area contributed by atoms with Gasteiger partial charge in [-0.3, -0.25) is 9.59 Å². The Hall–Kier alpha value is -3.22. The summed E-state index contributed by atoms with van der Waals surface area (Å²) in [7, 11) is 1.57. The van der Waals surface area contributed by atoms with Gasteiger partial charge in [-0.1, -0.05) is 12.1 Å². The van der Waals surface area contributed by atoms with Gasteiger partial charge in [0.25, 0.3) is 0 Å². The third-order valence-corrected chi connectivity index (χ3v) is 4.14. The fourth-order valence-electron chi connectivity index (χ4n) is 2.71. The average Bonchev–Trinajstić information content (AvgIpc) is 3.05. The molecule has 0 radical (unpaired) electrons. The summed E-state index contributed by atoms with van der Waals surface area (Å²) in [5.74, 6) is -0.556. The Morgan fingerprint density at radius 3 is 2.58 bits per heavy atom. The lowest BCUT2D eigenvalue weighted by Crippen LogP contribution is -2.30. The summed E-state index contributed by atoms with van der Waals surface area (Å²) in [4.78, 5) is 26.0. The van der Waals surface area contributed by atoms with Crippen LogP contribution in [-0.4, -0.2) is 31.7 Å². The second kappa shape index (κ2) is 7.77. The van der Waals surface area contributed by atoms with Gasteiger partial charge in [-0.25, -0.2) is 9.82 Å². The summed E-state index contributed by atoms with van der Waals surface area (Å²) in [6.07, 6.45) is 1.55. The predicted octanol–water partition coefficient (Wildman–Crippen LogP) is 2.34. The van der Waals surface area contributed by atoms with Crippen LogP contribution in [0.2, 0.25) is 0 Å². The molecule has 0 aromatic heterocycles. The monoisotopic (exact) mass is 355 g/mol. The number of halogens is 1. The summed E-state index contributed by atoms with van der Waals surface area (Å²) in [5.41, 5.74) is 3.82. The van der Waals surface area contributed by atoms with E-state index >= 15 is 0 Å². The fraction of sp³-hybridized carbons (Fsp3) is 0.211. The minimum absolute atomic E-state index is 0.113. The van der Waals surface area contributed by atoms with Gasteiger partial charge in [0.15, 0.2) is 0 Å². The minimum Gasteiger partial charge on any atom is -0.497 e. The van der Waals surface area contributed by atoms with E-state index in [-0.39, 0.29) is 24.1 Å². The molecule has 6 nitrogen and oxygen atoms in total. The number of rotatable bonds is 5. The van der Waals surface area contributed by atoms with Crippen molar-refractivity contribution in [2.45, 2.75) is 6.42 Å². The zero-order valence-corrected chi connectivity index (χ0v) is 14.2. The Bertz CT molecular complexity index is 819. The molecule has 1 saturated heterocycles. The van der Waals surface area contributed by atoms with Crippen LogP contribution in [-0.2, 0) is 9.59 Å². The molecule has 2 aromatic carbocycles. The molecule has 1 aliphatic heterocycles. The van der Waals surface area contributed by atoms with Crippen molar-refractivity contribution >= 4 is 23.7 Å². The molecule has 1 atom stereocenters. The number of hydrogen-bond donors (Lipinski definition) is 1. The third-order valence-electron chi connectivity index (χ3n) is 4.14. The van der Waals surface area contributed by atoms with Crippen molar-refractivity contribution < 1.29 is 18.7 Å². The highest BCUT2D eigenvalue weighted by Crippen LogP contribution is 2.26. The van der Waals surface area contributed by atoms with Crippen molar-refractivity contribution in [1.29, 1.82) is 0 Å². The van der Waals surface area contributed by atoms with Gasteiger partial charge >= 0.3 is 0 Å². The first-order valence-electron chi connectivity index (χ1n) is 8.09. The number of hydrogen-bond acceptors (Lipinski definition) is 4. The number of ether oxygens (including phenoxy) is 1. The van der Waals surface area contributed by atoms with Crippen LogP contribution in [0.3, 0.4) is 0 Å². The molecule has 1 N–H and O–H groups in total. The maximum atomic E-state index is 12.8. The highest BCUT2D eigenvalue weighted by atomic mass is 19.1. The van der Waals surface area contributed by atoms with Crippen LogP contribution in [0.25, 0.3) is 0 Å². The Labute approximate surface area is 150 Å². The lowest BCUT2D eigenvalue weighted by molar-refractivity contribution is -0.126. The lowest BCUT2D eigenvalue weighted by atomic mass is 10.1. The Balaban J connectivity index is 1.58. The van der Waals surface area contributed by atoms with Crippen molar-refractivity contribution in [1.82, 2.24) is 5.43 Å². The molecule has 7 heteroatoms. The van der Waals surface area contributed by atoms with Crippen LogP contribution in [0.5, 0.6) is 5.75 Å². The molecule has 1 fully saturated rings. The summed E-state index contributed by atoms with van der Waals surface area (Å²) in [6, 6.07) is 12.8. The molecule has 3 rings (SSSR count). The van der Waals surface area contributed by atoms with Crippen LogP contribution >= 0.6 is 0 Å².